The molecule has 144 valence electrons. The van der Waals surface area contributed by atoms with E-state index in [1.165, 1.54) is 12.1 Å². The fourth-order valence-electron chi connectivity index (χ4n) is 3.01. The molecule has 0 spiro atoms. The van der Waals surface area contributed by atoms with E-state index < -0.39 is 10.0 Å². The summed E-state index contributed by atoms with van der Waals surface area (Å²) in [7, 11) is -3.74. The van der Waals surface area contributed by atoms with Crippen molar-refractivity contribution in [3.05, 3.63) is 58.3 Å². The highest BCUT2D eigenvalue weighted by molar-refractivity contribution is 7.89. The van der Waals surface area contributed by atoms with Crippen molar-refractivity contribution in [1.29, 1.82) is 0 Å². The number of carbonyl (C=O) groups excluding carboxylic acids is 1. The molecular weight excluding hydrogens is 409 g/mol. The first-order valence-electron chi connectivity index (χ1n) is 8.51. The number of amides is 1. The van der Waals surface area contributed by atoms with Gasteiger partial charge in [0.15, 0.2) is 0 Å². The van der Waals surface area contributed by atoms with Crippen LogP contribution in [0.2, 0.25) is 10.0 Å². The van der Waals surface area contributed by atoms with E-state index in [9.17, 15) is 13.2 Å². The Balaban J connectivity index is 1.55. The Bertz CT molecular complexity index is 915. The third-order valence-corrected chi connectivity index (χ3v) is 6.71. The number of hydrogen-bond donors (Lipinski definition) is 1. The van der Waals surface area contributed by atoms with Gasteiger partial charge in [-0.1, -0.05) is 23.2 Å². The number of sulfonamides is 1. The molecule has 0 atom stereocenters. The monoisotopic (exact) mass is 427 g/mol. The fourth-order valence-corrected chi connectivity index (χ4v) is 4.88. The molecule has 1 saturated heterocycles. The van der Waals surface area contributed by atoms with Crippen molar-refractivity contribution in [1.82, 2.24) is 14.6 Å². The molecule has 1 aromatic heterocycles. The molecule has 1 aromatic carbocycles. The molecule has 0 bridgehead atoms. The van der Waals surface area contributed by atoms with Crippen LogP contribution in [-0.4, -0.2) is 43.8 Å². The van der Waals surface area contributed by atoms with Crippen LogP contribution in [0.5, 0.6) is 0 Å². The van der Waals surface area contributed by atoms with E-state index in [0.29, 0.717) is 30.2 Å². The molecule has 1 fully saturated rings. The predicted octanol–water partition coefficient (Wildman–Crippen LogP) is 3.22. The van der Waals surface area contributed by atoms with Gasteiger partial charge in [0, 0.05) is 42.6 Å². The predicted molar refractivity (Wildman–Crippen MR) is 105 cm³/mol. The number of hydrogen-bond acceptors (Lipinski definition) is 4. The summed E-state index contributed by atoms with van der Waals surface area (Å²) < 4.78 is 27.6. The average molecular weight is 428 g/mol. The van der Waals surface area contributed by atoms with Gasteiger partial charge in [0.05, 0.1) is 5.02 Å². The Labute approximate surface area is 168 Å². The Kier molecular flexibility index (Phi) is 6.37. The minimum Gasteiger partial charge on any atom is -0.339 e. The van der Waals surface area contributed by atoms with Crippen LogP contribution in [0.3, 0.4) is 0 Å². The Morgan fingerprint density at radius 1 is 1.15 bits per heavy atom. The lowest BCUT2D eigenvalue weighted by Crippen LogP contribution is -2.41. The number of halogens is 2. The van der Waals surface area contributed by atoms with E-state index in [4.69, 9.17) is 23.2 Å². The number of carbonyl (C=O) groups is 1. The van der Waals surface area contributed by atoms with Gasteiger partial charge in [-0.15, -0.1) is 0 Å². The second-order valence-electron chi connectivity index (χ2n) is 6.40. The van der Waals surface area contributed by atoms with E-state index in [1.807, 2.05) is 0 Å². The molecule has 1 N–H and O–H groups in total. The number of piperidine rings is 1. The normalized spacial score (nSPS) is 15.7. The number of benzene rings is 1. The lowest BCUT2D eigenvalue weighted by molar-refractivity contribution is 0.0692. The second-order valence-corrected chi connectivity index (χ2v) is 8.98. The van der Waals surface area contributed by atoms with Crippen molar-refractivity contribution in [2.45, 2.75) is 17.7 Å². The molecule has 2 heterocycles. The molecule has 3 rings (SSSR count). The quantitative estimate of drug-likeness (QED) is 0.793. The molecule has 1 amide bonds. The van der Waals surface area contributed by atoms with E-state index in [1.54, 1.807) is 35.5 Å². The second kappa shape index (κ2) is 8.56. The maximum absolute atomic E-state index is 12.5. The molecule has 0 unspecified atom stereocenters. The molecular formula is C18H19Cl2N3O3S. The van der Waals surface area contributed by atoms with Crippen LogP contribution >= 0.6 is 23.2 Å². The Morgan fingerprint density at radius 3 is 2.48 bits per heavy atom. The Morgan fingerprint density at radius 2 is 1.81 bits per heavy atom. The molecule has 6 nitrogen and oxygen atoms in total. The van der Waals surface area contributed by atoms with Crippen LogP contribution in [0.25, 0.3) is 0 Å². The number of aromatic nitrogens is 1. The first-order chi connectivity index (χ1) is 12.9. The van der Waals surface area contributed by atoms with Crippen molar-refractivity contribution in [3.8, 4) is 0 Å². The van der Waals surface area contributed by atoms with E-state index in [-0.39, 0.29) is 21.7 Å². The summed E-state index contributed by atoms with van der Waals surface area (Å²) >= 11 is 11.9. The summed E-state index contributed by atoms with van der Waals surface area (Å²) in [6, 6.07) is 7.72. The molecule has 1 aliphatic rings. The van der Waals surface area contributed by atoms with E-state index in [0.717, 1.165) is 12.8 Å². The van der Waals surface area contributed by atoms with Crippen molar-refractivity contribution in [3.63, 3.8) is 0 Å². The van der Waals surface area contributed by atoms with Crippen LogP contribution in [-0.2, 0) is 10.0 Å². The number of rotatable bonds is 5. The van der Waals surface area contributed by atoms with Crippen LogP contribution in [0.4, 0.5) is 0 Å². The summed E-state index contributed by atoms with van der Waals surface area (Å²) in [4.78, 5) is 18.1. The van der Waals surface area contributed by atoms with Gasteiger partial charge >= 0.3 is 0 Å². The summed E-state index contributed by atoms with van der Waals surface area (Å²) in [6.45, 7) is 1.47. The Hall–Kier alpha value is -1.67. The third kappa shape index (κ3) is 4.99. The summed E-state index contributed by atoms with van der Waals surface area (Å²) in [6.07, 6.45) is 4.64. The standard InChI is InChI=1S/C18H19Cl2N3O3S/c19-15-1-2-16(20)17(11-15)27(25,26)22-12-13-5-9-23(10-6-13)18(24)14-3-7-21-8-4-14/h1-4,7-8,11,13,22H,5-6,9-10,12H2. The van der Waals surface area contributed by atoms with Gasteiger partial charge < -0.3 is 4.90 Å². The summed E-state index contributed by atoms with van der Waals surface area (Å²) in [5, 5.41) is 0.437. The van der Waals surface area contributed by atoms with Gasteiger partial charge in [0.25, 0.3) is 5.91 Å². The number of nitrogens with one attached hydrogen (secondary N) is 1. The minimum absolute atomic E-state index is 0.0258. The van der Waals surface area contributed by atoms with Crippen LogP contribution in [0.1, 0.15) is 23.2 Å². The third-order valence-electron chi connectivity index (χ3n) is 4.57. The average Bonchev–Trinajstić information content (AvgIpc) is 2.69. The van der Waals surface area contributed by atoms with Gasteiger partial charge in [0.2, 0.25) is 10.0 Å². The zero-order chi connectivity index (χ0) is 19.4. The topological polar surface area (TPSA) is 79.4 Å². The highest BCUT2D eigenvalue weighted by Crippen LogP contribution is 2.25. The zero-order valence-corrected chi connectivity index (χ0v) is 16.8. The van der Waals surface area contributed by atoms with Gasteiger partial charge in [0.1, 0.15) is 4.90 Å². The van der Waals surface area contributed by atoms with Crippen molar-refractivity contribution in [2.24, 2.45) is 5.92 Å². The fraction of sp³-hybridized carbons (Fsp3) is 0.333. The maximum atomic E-state index is 12.5. The van der Waals surface area contributed by atoms with Gasteiger partial charge in [-0.2, -0.15) is 0 Å². The van der Waals surface area contributed by atoms with Crippen LogP contribution in [0.15, 0.2) is 47.6 Å². The highest BCUT2D eigenvalue weighted by atomic mass is 35.5. The molecule has 0 saturated carbocycles. The van der Waals surface area contributed by atoms with Crippen molar-refractivity contribution < 1.29 is 13.2 Å². The van der Waals surface area contributed by atoms with Crippen molar-refractivity contribution >= 4 is 39.1 Å². The van der Waals surface area contributed by atoms with Crippen molar-refractivity contribution in [2.75, 3.05) is 19.6 Å². The van der Waals surface area contributed by atoms with Crippen LogP contribution in [0, 0.1) is 5.92 Å². The van der Waals surface area contributed by atoms with Gasteiger partial charge in [-0.3, -0.25) is 9.78 Å². The van der Waals surface area contributed by atoms with Gasteiger partial charge in [-0.25, -0.2) is 13.1 Å². The molecule has 1 aliphatic heterocycles. The molecule has 27 heavy (non-hydrogen) atoms. The molecule has 0 aliphatic carbocycles. The number of likely N-dealkylation sites (tertiary alicyclic amines) is 1. The zero-order valence-electron chi connectivity index (χ0n) is 14.4. The lowest BCUT2D eigenvalue weighted by atomic mass is 9.97. The number of pyridine rings is 1. The van der Waals surface area contributed by atoms with Gasteiger partial charge in [-0.05, 0) is 49.1 Å². The maximum Gasteiger partial charge on any atom is 0.253 e. The minimum atomic E-state index is -3.74. The summed E-state index contributed by atoms with van der Waals surface area (Å²) in [5.74, 6) is 0.126. The first kappa shape index (κ1) is 20.1. The first-order valence-corrected chi connectivity index (χ1v) is 10.7. The SMILES string of the molecule is O=C(c1ccncc1)N1CCC(CNS(=O)(=O)c2cc(Cl)ccc2Cl)CC1. The molecule has 9 heteroatoms. The summed E-state index contributed by atoms with van der Waals surface area (Å²) in [5.41, 5.74) is 0.611. The van der Waals surface area contributed by atoms with E-state index >= 15 is 0 Å². The van der Waals surface area contributed by atoms with Crippen LogP contribution < -0.4 is 4.72 Å². The number of nitrogens with zero attached hydrogens (tertiary/aromatic N) is 2. The largest absolute Gasteiger partial charge is 0.339 e. The van der Waals surface area contributed by atoms with E-state index in [2.05, 4.69) is 9.71 Å². The molecule has 0 radical (unpaired) electrons. The lowest BCUT2D eigenvalue weighted by Gasteiger charge is -2.32. The molecule has 2 aromatic rings. The smallest absolute Gasteiger partial charge is 0.253 e. The highest BCUT2D eigenvalue weighted by Gasteiger charge is 2.26.